The van der Waals surface area contributed by atoms with Gasteiger partial charge >= 0.3 is 0 Å². The van der Waals surface area contributed by atoms with Crippen molar-refractivity contribution in [3.63, 3.8) is 0 Å². The number of fused-ring (bicyclic) bond motifs is 6. The number of aryl methyl sites for hydroxylation is 3. The van der Waals surface area contributed by atoms with Gasteiger partial charge in [0.25, 0.3) is 0 Å². The predicted molar refractivity (Wildman–Crippen MR) is 263 cm³/mol. The highest BCUT2D eigenvalue weighted by Crippen LogP contribution is 2.40. The highest BCUT2D eigenvalue weighted by atomic mass is 15.0. The lowest BCUT2D eigenvalue weighted by Crippen LogP contribution is -1.96. The van der Waals surface area contributed by atoms with Crippen LogP contribution in [0.15, 0.2) is 164 Å². The van der Waals surface area contributed by atoms with Gasteiger partial charge in [-0.3, -0.25) is 9.97 Å². The van der Waals surface area contributed by atoms with Crippen molar-refractivity contribution in [2.45, 2.75) is 78.6 Å². The summed E-state index contributed by atoms with van der Waals surface area (Å²) >= 11 is 0. The molecule has 4 nitrogen and oxygen atoms in total. The minimum absolute atomic E-state index is 1.09. The van der Waals surface area contributed by atoms with E-state index in [4.69, 9.17) is 0 Å². The van der Waals surface area contributed by atoms with Gasteiger partial charge in [-0.25, -0.2) is 0 Å². The second-order valence-electron chi connectivity index (χ2n) is 17.0. The van der Waals surface area contributed by atoms with Crippen LogP contribution >= 0.6 is 0 Å². The van der Waals surface area contributed by atoms with E-state index in [1.54, 1.807) is 0 Å². The smallest absolute Gasteiger partial charge is 0.0541 e. The largest absolute Gasteiger partial charge is 0.309 e. The van der Waals surface area contributed by atoms with Crippen LogP contribution in [-0.2, 0) is 19.3 Å². The van der Waals surface area contributed by atoms with Gasteiger partial charge in [0, 0.05) is 68.8 Å². The topological polar surface area (TPSA) is 35.6 Å². The van der Waals surface area contributed by atoms with Gasteiger partial charge in [0.1, 0.15) is 0 Å². The molecule has 0 aliphatic rings. The summed E-state index contributed by atoms with van der Waals surface area (Å²) < 4.78 is 4.85. The molecule has 10 rings (SSSR count). The normalized spacial score (nSPS) is 11.7. The van der Waals surface area contributed by atoms with Crippen LogP contribution in [0.3, 0.4) is 0 Å². The fourth-order valence-electron chi connectivity index (χ4n) is 9.60. The lowest BCUT2D eigenvalue weighted by atomic mass is 9.91. The van der Waals surface area contributed by atoms with E-state index in [1.165, 1.54) is 98.8 Å². The molecule has 0 amide bonds. The maximum Gasteiger partial charge on any atom is 0.0541 e. The minimum atomic E-state index is 1.09. The van der Waals surface area contributed by atoms with E-state index in [-0.39, 0.29) is 0 Å². The summed E-state index contributed by atoms with van der Waals surface area (Å²) in [6, 6.07) is 52.3. The van der Waals surface area contributed by atoms with Gasteiger partial charge in [0.05, 0.1) is 22.1 Å². The predicted octanol–water partition coefficient (Wildman–Crippen LogP) is 15.7. The third kappa shape index (κ3) is 7.28. The molecule has 0 unspecified atom stereocenters. The SMILES string of the molecule is CCCCc1ccc2c(c1)c1ccccc1n2-c1ccc(-c2cnccc2-c2ccncc2-c2ccc(-n3c4ccc(CCCC)cc4c4cc(CCCC)ccc43)cc2)cc1. The quantitative estimate of drug-likeness (QED) is 0.110. The first-order chi connectivity index (χ1) is 30.6. The molecule has 0 N–H and O–H groups in total. The molecular formula is C58H54N4. The molecule has 0 aliphatic heterocycles. The van der Waals surface area contributed by atoms with Crippen molar-refractivity contribution in [1.29, 1.82) is 0 Å². The Balaban J connectivity index is 1.00. The van der Waals surface area contributed by atoms with E-state index in [0.717, 1.165) is 64.0 Å². The molecule has 306 valence electrons. The molecule has 0 fully saturated rings. The van der Waals surface area contributed by atoms with Crippen LogP contribution in [-0.4, -0.2) is 19.1 Å². The van der Waals surface area contributed by atoms with Gasteiger partial charge in [-0.2, -0.15) is 0 Å². The zero-order valence-electron chi connectivity index (χ0n) is 36.2. The highest BCUT2D eigenvalue weighted by molar-refractivity contribution is 6.10. The summed E-state index contributed by atoms with van der Waals surface area (Å²) in [5.41, 5.74) is 18.2. The fourth-order valence-corrected chi connectivity index (χ4v) is 9.60. The minimum Gasteiger partial charge on any atom is -0.309 e. The van der Waals surface area contributed by atoms with Crippen LogP contribution in [0.5, 0.6) is 0 Å². The number of para-hydroxylation sites is 1. The summed E-state index contributed by atoms with van der Waals surface area (Å²) in [6.45, 7) is 6.80. The summed E-state index contributed by atoms with van der Waals surface area (Å²) in [4.78, 5) is 9.29. The average molecular weight is 807 g/mol. The third-order valence-corrected chi connectivity index (χ3v) is 12.9. The number of pyridine rings is 2. The number of nitrogens with zero attached hydrogens (tertiary/aromatic N) is 4. The molecule has 0 bridgehead atoms. The summed E-state index contributed by atoms with van der Waals surface area (Å²) in [7, 11) is 0. The molecule has 62 heavy (non-hydrogen) atoms. The van der Waals surface area contributed by atoms with Gasteiger partial charge in [-0.1, -0.05) is 101 Å². The van der Waals surface area contributed by atoms with Crippen molar-refractivity contribution in [3.05, 3.63) is 181 Å². The van der Waals surface area contributed by atoms with Crippen LogP contribution in [0, 0.1) is 0 Å². The molecule has 0 radical (unpaired) electrons. The molecule has 0 atom stereocenters. The lowest BCUT2D eigenvalue weighted by Gasteiger charge is -2.15. The van der Waals surface area contributed by atoms with Gasteiger partial charge < -0.3 is 9.13 Å². The summed E-state index contributed by atoms with van der Waals surface area (Å²) in [5.74, 6) is 0. The molecule has 0 spiro atoms. The number of aromatic nitrogens is 4. The standard InChI is InChI=1S/C58H54N4/c1-4-7-12-40-17-28-56-50(35-40)49-15-10-11-16-55(49)61(56)45-24-20-43(21-25-45)53-38-59-33-31-47(53)48-32-34-60-39-54(48)44-22-26-46(27-23-44)62-57-29-18-41(13-8-5-2)36-51(57)52-37-42(14-9-6-3)19-30-58(52)62/h10-11,15-39H,4-9,12-14H2,1-3H3. The molecule has 4 heteroatoms. The molecule has 4 aromatic heterocycles. The Morgan fingerprint density at radius 1 is 0.371 bits per heavy atom. The number of hydrogen-bond donors (Lipinski definition) is 0. The molecule has 0 saturated heterocycles. The van der Waals surface area contributed by atoms with Crippen molar-refractivity contribution in [3.8, 4) is 44.8 Å². The molecular weight excluding hydrogens is 753 g/mol. The van der Waals surface area contributed by atoms with Crippen molar-refractivity contribution in [2.24, 2.45) is 0 Å². The van der Waals surface area contributed by atoms with E-state index in [2.05, 4.69) is 179 Å². The van der Waals surface area contributed by atoms with E-state index < -0.39 is 0 Å². The van der Waals surface area contributed by atoms with E-state index in [0.29, 0.717) is 0 Å². The lowest BCUT2D eigenvalue weighted by molar-refractivity contribution is 0.795. The van der Waals surface area contributed by atoms with Crippen LogP contribution in [0.25, 0.3) is 88.4 Å². The zero-order valence-corrected chi connectivity index (χ0v) is 36.2. The maximum atomic E-state index is 4.65. The first kappa shape index (κ1) is 39.4. The van der Waals surface area contributed by atoms with Crippen LogP contribution in [0.4, 0.5) is 0 Å². The van der Waals surface area contributed by atoms with Gasteiger partial charge in [0.2, 0.25) is 0 Å². The van der Waals surface area contributed by atoms with Gasteiger partial charge in [-0.15, -0.1) is 0 Å². The Labute approximate surface area is 365 Å². The van der Waals surface area contributed by atoms with Gasteiger partial charge in [-0.05, 0) is 156 Å². The zero-order chi connectivity index (χ0) is 42.0. The molecule has 6 aromatic carbocycles. The van der Waals surface area contributed by atoms with E-state index in [1.807, 2.05) is 24.8 Å². The Hall–Kier alpha value is -6.78. The monoisotopic (exact) mass is 806 g/mol. The number of benzene rings is 6. The molecule has 0 saturated carbocycles. The third-order valence-electron chi connectivity index (χ3n) is 12.9. The van der Waals surface area contributed by atoms with Crippen molar-refractivity contribution >= 4 is 43.6 Å². The van der Waals surface area contributed by atoms with E-state index >= 15 is 0 Å². The Morgan fingerprint density at radius 3 is 1.18 bits per heavy atom. The Kier molecular flexibility index (Phi) is 11.0. The fraction of sp³-hybridized carbons (Fsp3) is 0.207. The highest BCUT2D eigenvalue weighted by Gasteiger charge is 2.18. The van der Waals surface area contributed by atoms with Crippen LogP contribution < -0.4 is 0 Å². The second kappa shape index (κ2) is 17.3. The van der Waals surface area contributed by atoms with Crippen LogP contribution in [0.2, 0.25) is 0 Å². The number of unbranched alkanes of at least 4 members (excludes halogenated alkanes) is 3. The summed E-state index contributed by atoms with van der Waals surface area (Å²) in [6.07, 6.45) is 18.4. The Bertz CT molecular complexity index is 3120. The first-order valence-corrected chi connectivity index (χ1v) is 22.8. The number of hydrogen-bond acceptors (Lipinski definition) is 2. The van der Waals surface area contributed by atoms with Crippen LogP contribution in [0.1, 0.15) is 76.0 Å². The second-order valence-corrected chi connectivity index (χ2v) is 17.0. The first-order valence-electron chi connectivity index (χ1n) is 22.8. The molecule has 0 aliphatic carbocycles. The average Bonchev–Trinajstić information content (AvgIpc) is 3.84. The van der Waals surface area contributed by atoms with Crippen molar-refractivity contribution < 1.29 is 0 Å². The van der Waals surface area contributed by atoms with E-state index in [9.17, 15) is 0 Å². The summed E-state index contributed by atoms with van der Waals surface area (Å²) in [5, 5.41) is 5.29. The van der Waals surface area contributed by atoms with Crippen molar-refractivity contribution in [1.82, 2.24) is 19.1 Å². The Morgan fingerprint density at radius 2 is 0.758 bits per heavy atom. The van der Waals surface area contributed by atoms with Gasteiger partial charge in [0.15, 0.2) is 0 Å². The van der Waals surface area contributed by atoms with Crippen molar-refractivity contribution in [2.75, 3.05) is 0 Å². The molecule has 10 aromatic rings. The number of rotatable bonds is 14. The molecule has 4 heterocycles. The maximum absolute atomic E-state index is 4.65.